The number of hydrogen-bond donors (Lipinski definition) is 2. The molecule has 2 N–H and O–H groups in total. The predicted molar refractivity (Wildman–Crippen MR) is 83.9 cm³/mol. The summed E-state index contributed by atoms with van der Waals surface area (Å²) in [5.74, 6) is -0.534. The normalized spacial score (nSPS) is 10.5. The summed E-state index contributed by atoms with van der Waals surface area (Å²) >= 11 is 5.89. The van der Waals surface area contributed by atoms with E-state index in [4.69, 9.17) is 16.7 Å². The van der Waals surface area contributed by atoms with Crippen LogP contribution in [0.1, 0.15) is 23.1 Å². The summed E-state index contributed by atoms with van der Waals surface area (Å²) in [7, 11) is 0. The second-order valence-corrected chi connectivity index (χ2v) is 5.43. The molecule has 0 fully saturated rings. The first-order valence-corrected chi connectivity index (χ1v) is 7.35. The Labute approximate surface area is 133 Å². The van der Waals surface area contributed by atoms with Crippen molar-refractivity contribution in [3.8, 4) is 0 Å². The summed E-state index contributed by atoms with van der Waals surface area (Å²) in [6, 6.07) is 11.8. The van der Waals surface area contributed by atoms with Crippen molar-refractivity contribution in [1.29, 1.82) is 0 Å². The molecule has 1 amide bonds. The van der Waals surface area contributed by atoms with Gasteiger partial charge in [-0.05, 0) is 41.8 Å². The van der Waals surface area contributed by atoms with Crippen LogP contribution in [0.4, 0.5) is 4.39 Å². The molecule has 5 heteroatoms. The van der Waals surface area contributed by atoms with Crippen LogP contribution in [-0.4, -0.2) is 11.0 Å². The number of aliphatic hydroxyl groups is 1. The summed E-state index contributed by atoms with van der Waals surface area (Å²) < 4.78 is 13.3. The van der Waals surface area contributed by atoms with E-state index in [9.17, 15) is 9.18 Å². The summed E-state index contributed by atoms with van der Waals surface area (Å²) in [5, 5.41) is 12.4. The van der Waals surface area contributed by atoms with Gasteiger partial charge < -0.3 is 10.4 Å². The summed E-state index contributed by atoms with van der Waals surface area (Å²) in [5.41, 5.74) is 1.99. The van der Waals surface area contributed by atoms with Crippen LogP contribution in [0.2, 0.25) is 5.02 Å². The molecule has 0 aliphatic rings. The highest BCUT2D eigenvalue weighted by Gasteiger charge is 2.05. The lowest BCUT2D eigenvalue weighted by Crippen LogP contribution is -2.23. The second-order valence-electron chi connectivity index (χ2n) is 4.99. The van der Waals surface area contributed by atoms with Gasteiger partial charge in [0.15, 0.2) is 0 Å². The van der Waals surface area contributed by atoms with Crippen LogP contribution in [-0.2, 0) is 24.4 Å². The number of rotatable bonds is 6. The van der Waals surface area contributed by atoms with Crippen molar-refractivity contribution in [3.63, 3.8) is 0 Å². The minimum atomic E-state index is -0.446. The van der Waals surface area contributed by atoms with Crippen molar-refractivity contribution in [1.82, 2.24) is 5.32 Å². The molecule has 0 aromatic heterocycles. The lowest BCUT2D eigenvalue weighted by atomic mass is 10.1. The molecule has 0 aliphatic carbocycles. The van der Waals surface area contributed by atoms with E-state index in [1.807, 2.05) is 18.2 Å². The number of carbonyl (C=O) groups is 1. The van der Waals surface area contributed by atoms with Gasteiger partial charge in [-0.25, -0.2) is 4.39 Å². The number of nitrogens with one attached hydrogen (secondary N) is 1. The highest BCUT2D eigenvalue weighted by Crippen LogP contribution is 2.13. The second kappa shape index (κ2) is 7.92. The van der Waals surface area contributed by atoms with E-state index in [0.29, 0.717) is 24.4 Å². The van der Waals surface area contributed by atoms with E-state index in [1.54, 1.807) is 18.2 Å². The zero-order chi connectivity index (χ0) is 15.9. The Bertz CT molecular complexity index is 661. The molecular formula is C17H17ClFNO2. The van der Waals surface area contributed by atoms with Gasteiger partial charge in [0.2, 0.25) is 5.91 Å². The first kappa shape index (κ1) is 16.5. The summed E-state index contributed by atoms with van der Waals surface area (Å²) in [4.78, 5) is 11.8. The quantitative estimate of drug-likeness (QED) is 0.858. The topological polar surface area (TPSA) is 49.3 Å². The summed E-state index contributed by atoms with van der Waals surface area (Å²) in [6.07, 6.45) is 0.964. The third kappa shape index (κ3) is 4.83. The Morgan fingerprint density at radius 2 is 2.00 bits per heavy atom. The third-order valence-electron chi connectivity index (χ3n) is 3.30. The Hall–Kier alpha value is -1.91. The lowest BCUT2D eigenvalue weighted by Gasteiger charge is -2.07. The van der Waals surface area contributed by atoms with Crippen molar-refractivity contribution in [3.05, 3.63) is 70.0 Å². The Morgan fingerprint density at radius 3 is 2.73 bits per heavy atom. The zero-order valence-corrected chi connectivity index (χ0v) is 12.7. The Morgan fingerprint density at radius 1 is 1.18 bits per heavy atom. The fraction of sp³-hybridized carbons (Fsp3) is 0.235. The lowest BCUT2D eigenvalue weighted by molar-refractivity contribution is -0.121. The predicted octanol–water partition coefficient (Wildman–Crippen LogP) is 3.22. The molecule has 2 aromatic carbocycles. The number of carbonyl (C=O) groups excluding carboxylic acids is 1. The van der Waals surface area contributed by atoms with E-state index < -0.39 is 5.82 Å². The largest absolute Gasteiger partial charge is 0.392 e. The maximum atomic E-state index is 13.3. The molecule has 0 saturated heterocycles. The maximum absolute atomic E-state index is 13.3. The van der Waals surface area contributed by atoms with Gasteiger partial charge in [-0.2, -0.15) is 0 Å². The molecule has 2 aromatic rings. The van der Waals surface area contributed by atoms with Crippen LogP contribution in [0.15, 0.2) is 42.5 Å². The molecule has 0 atom stereocenters. The minimum absolute atomic E-state index is 0.0881. The van der Waals surface area contributed by atoms with Gasteiger partial charge in [0, 0.05) is 23.6 Å². The monoisotopic (exact) mass is 321 g/mol. The van der Waals surface area contributed by atoms with Gasteiger partial charge in [-0.1, -0.05) is 29.8 Å². The number of hydrogen-bond acceptors (Lipinski definition) is 2. The molecule has 22 heavy (non-hydrogen) atoms. The molecule has 0 spiro atoms. The van der Waals surface area contributed by atoms with E-state index in [0.717, 1.165) is 11.1 Å². The van der Waals surface area contributed by atoms with Gasteiger partial charge in [-0.3, -0.25) is 4.79 Å². The van der Waals surface area contributed by atoms with Crippen LogP contribution < -0.4 is 5.32 Å². The van der Waals surface area contributed by atoms with Crippen LogP contribution in [0, 0.1) is 5.82 Å². The van der Waals surface area contributed by atoms with Crippen molar-refractivity contribution < 1.29 is 14.3 Å². The highest BCUT2D eigenvalue weighted by atomic mass is 35.5. The SMILES string of the molecule is O=C(CCc1cccc(Cl)c1)NCc1ccc(F)c(CO)c1. The zero-order valence-electron chi connectivity index (χ0n) is 12.0. The molecule has 0 heterocycles. The number of aliphatic hydroxyl groups excluding tert-OH is 1. The van der Waals surface area contributed by atoms with Gasteiger partial charge in [0.05, 0.1) is 6.61 Å². The van der Waals surface area contributed by atoms with Crippen molar-refractivity contribution in [2.75, 3.05) is 0 Å². The Balaban J connectivity index is 1.83. The molecule has 0 aliphatic heterocycles. The standard InChI is InChI=1S/C17H17ClFNO2/c18-15-3-1-2-12(9-15)5-7-17(22)20-10-13-4-6-16(19)14(8-13)11-21/h1-4,6,8-9,21H,5,7,10-11H2,(H,20,22). The smallest absolute Gasteiger partial charge is 0.220 e. The number of amides is 1. The number of halogens is 2. The molecule has 0 unspecified atom stereocenters. The average molecular weight is 322 g/mol. The number of benzene rings is 2. The van der Waals surface area contributed by atoms with Crippen molar-refractivity contribution in [2.45, 2.75) is 26.0 Å². The van der Waals surface area contributed by atoms with Gasteiger partial charge >= 0.3 is 0 Å². The van der Waals surface area contributed by atoms with E-state index in [1.165, 1.54) is 6.07 Å². The van der Waals surface area contributed by atoms with Gasteiger partial charge in [-0.15, -0.1) is 0 Å². The molecule has 116 valence electrons. The van der Waals surface area contributed by atoms with E-state index >= 15 is 0 Å². The third-order valence-corrected chi connectivity index (χ3v) is 3.54. The van der Waals surface area contributed by atoms with E-state index in [-0.39, 0.29) is 18.1 Å². The van der Waals surface area contributed by atoms with Crippen LogP contribution in [0.5, 0.6) is 0 Å². The molecule has 0 radical (unpaired) electrons. The van der Waals surface area contributed by atoms with Crippen molar-refractivity contribution >= 4 is 17.5 Å². The fourth-order valence-electron chi connectivity index (χ4n) is 2.10. The van der Waals surface area contributed by atoms with Crippen molar-refractivity contribution in [2.24, 2.45) is 0 Å². The first-order valence-electron chi connectivity index (χ1n) is 6.98. The minimum Gasteiger partial charge on any atom is -0.392 e. The number of aryl methyl sites for hydroxylation is 1. The Kier molecular flexibility index (Phi) is 5.92. The fourth-order valence-corrected chi connectivity index (χ4v) is 2.31. The average Bonchev–Trinajstić information content (AvgIpc) is 2.52. The van der Waals surface area contributed by atoms with Crippen LogP contribution in [0.3, 0.4) is 0 Å². The molecular weight excluding hydrogens is 305 g/mol. The highest BCUT2D eigenvalue weighted by molar-refractivity contribution is 6.30. The van der Waals surface area contributed by atoms with E-state index in [2.05, 4.69) is 5.32 Å². The molecule has 0 bridgehead atoms. The van der Waals surface area contributed by atoms with Crippen LogP contribution in [0.25, 0.3) is 0 Å². The molecule has 0 saturated carbocycles. The van der Waals surface area contributed by atoms with Gasteiger partial charge in [0.25, 0.3) is 0 Å². The molecule has 3 nitrogen and oxygen atoms in total. The van der Waals surface area contributed by atoms with Gasteiger partial charge in [0.1, 0.15) is 5.82 Å². The van der Waals surface area contributed by atoms with Crippen LogP contribution >= 0.6 is 11.6 Å². The molecule has 2 rings (SSSR count). The maximum Gasteiger partial charge on any atom is 0.220 e. The summed E-state index contributed by atoms with van der Waals surface area (Å²) in [6.45, 7) is -0.0515. The first-order chi connectivity index (χ1) is 10.6.